The standard InChI is InChI=1S/C15H23N5O3S/c1-3-5-9-19-10-13(16)17-7-18-14(10)20(9)15-12(22-4-2)11(21)8(6-24)23-15/h7-8,11-12,15,21,24H,3-6H2,1-2H3,(H2,16,17,18)/t8-,11-,12-,15-/m1/s1. The van der Waals surface area contributed by atoms with E-state index in [1.807, 2.05) is 11.5 Å². The molecule has 2 aromatic heterocycles. The molecule has 24 heavy (non-hydrogen) atoms. The zero-order valence-electron chi connectivity index (χ0n) is 13.8. The Balaban J connectivity index is 2.12. The molecule has 0 aromatic carbocycles. The number of hydrogen-bond donors (Lipinski definition) is 3. The third-order valence-electron chi connectivity index (χ3n) is 4.16. The lowest BCUT2D eigenvalue weighted by atomic mass is 10.1. The van der Waals surface area contributed by atoms with Gasteiger partial charge in [-0.2, -0.15) is 12.6 Å². The van der Waals surface area contributed by atoms with Gasteiger partial charge in [-0.3, -0.25) is 4.57 Å². The van der Waals surface area contributed by atoms with Gasteiger partial charge in [0.2, 0.25) is 0 Å². The van der Waals surface area contributed by atoms with E-state index in [9.17, 15) is 5.11 Å². The summed E-state index contributed by atoms with van der Waals surface area (Å²) < 4.78 is 13.7. The lowest BCUT2D eigenvalue weighted by molar-refractivity contribution is -0.0630. The molecule has 0 aliphatic carbocycles. The van der Waals surface area contributed by atoms with Gasteiger partial charge in [-0.15, -0.1) is 0 Å². The first-order valence-electron chi connectivity index (χ1n) is 8.15. The van der Waals surface area contributed by atoms with Crippen LogP contribution in [0.25, 0.3) is 11.2 Å². The fourth-order valence-corrected chi connectivity index (χ4v) is 3.39. The Labute approximate surface area is 145 Å². The molecular weight excluding hydrogens is 330 g/mol. The maximum Gasteiger partial charge on any atom is 0.167 e. The number of hydrogen-bond acceptors (Lipinski definition) is 8. The topological polar surface area (TPSA) is 108 Å². The second kappa shape index (κ2) is 7.22. The van der Waals surface area contributed by atoms with Gasteiger partial charge in [0.05, 0.1) is 6.10 Å². The lowest BCUT2D eigenvalue weighted by Gasteiger charge is -2.23. The molecule has 132 valence electrons. The van der Waals surface area contributed by atoms with Crippen LogP contribution in [0.5, 0.6) is 0 Å². The van der Waals surface area contributed by atoms with E-state index in [2.05, 4.69) is 34.5 Å². The average Bonchev–Trinajstić information content (AvgIpc) is 3.08. The maximum atomic E-state index is 10.5. The Hall–Kier alpha value is -1.42. The number of nitrogens with two attached hydrogens (primary N) is 1. The minimum atomic E-state index is -0.765. The second-order valence-electron chi connectivity index (χ2n) is 5.74. The van der Waals surface area contributed by atoms with E-state index >= 15 is 0 Å². The third kappa shape index (κ3) is 2.85. The number of ether oxygens (including phenoxy) is 2. The molecule has 3 rings (SSSR count). The minimum Gasteiger partial charge on any atom is -0.387 e. The average molecular weight is 353 g/mol. The molecule has 4 atom stereocenters. The summed E-state index contributed by atoms with van der Waals surface area (Å²) in [7, 11) is 0. The SMILES string of the molecule is CCCc1nc2c(N)ncnc2n1[C@@H]1O[C@H](CS)[C@@H](O)[C@H]1OCC. The van der Waals surface area contributed by atoms with Crippen LogP contribution in [0.1, 0.15) is 32.3 Å². The molecule has 0 amide bonds. The molecule has 9 heteroatoms. The quantitative estimate of drug-likeness (QED) is 0.664. The number of nitrogens with zero attached hydrogens (tertiary/aromatic N) is 4. The molecule has 2 aromatic rings. The summed E-state index contributed by atoms with van der Waals surface area (Å²) in [6.07, 6.45) is 0.814. The lowest BCUT2D eigenvalue weighted by Crippen LogP contribution is -2.35. The van der Waals surface area contributed by atoms with Gasteiger partial charge in [-0.25, -0.2) is 15.0 Å². The van der Waals surface area contributed by atoms with E-state index in [1.54, 1.807) is 0 Å². The van der Waals surface area contributed by atoms with Crippen molar-refractivity contribution < 1.29 is 14.6 Å². The number of fused-ring (bicyclic) bond motifs is 1. The number of imidazole rings is 1. The van der Waals surface area contributed by atoms with E-state index in [0.29, 0.717) is 29.3 Å². The molecule has 1 saturated heterocycles. The highest BCUT2D eigenvalue weighted by Gasteiger charge is 2.46. The highest BCUT2D eigenvalue weighted by atomic mass is 32.1. The number of anilines is 1. The second-order valence-corrected chi connectivity index (χ2v) is 6.10. The van der Waals surface area contributed by atoms with Crippen molar-refractivity contribution in [3.8, 4) is 0 Å². The maximum absolute atomic E-state index is 10.5. The van der Waals surface area contributed by atoms with Gasteiger partial charge in [-0.1, -0.05) is 6.92 Å². The molecular formula is C15H23N5O3S. The molecule has 0 radical (unpaired) electrons. The number of aromatic nitrogens is 4. The molecule has 0 spiro atoms. The molecule has 8 nitrogen and oxygen atoms in total. The van der Waals surface area contributed by atoms with Crippen LogP contribution in [0.15, 0.2) is 6.33 Å². The van der Waals surface area contributed by atoms with Crippen molar-refractivity contribution >= 4 is 29.6 Å². The first-order valence-corrected chi connectivity index (χ1v) is 8.78. The van der Waals surface area contributed by atoms with Crippen LogP contribution < -0.4 is 5.73 Å². The number of aliphatic hydroxyl groups is 1. The predicted molar refractivity (Wildman–Crippen MR) is 92.9 cm³/mol. The van der Waals surface area contributed by atoms with Crippen LogP contribution in [0, 0.1) is 0 Å². The number of aliphatic hydroxyl groups excluding tert-OH is 1. The van der Waals surface area contributed by atoms with Crippen LogP contribution in [0.4, 0.5) is 5.82 Å². The molecule has 3 heterocycles. The zero-order chi connectivity index (χ0) is 17.3. The largest absolute Gasteiger partial charge is 0.387 e. The van der Waals surface area contributed by atoms with Crippen LogP contribution in [0.2, 0.25) is 0 Å². The van der Waals surface area contributed by atoms with Gasteiger partial charge >= 0.3 is 0 Å². The summed E-state index contributed by atoms with van der Waals surface area (Å²) >= 11 is 4.27. The Bertz CT molecular complexity index is 710. The number of thiol groups is 1. The Morgan fingerprint density at radius 1 is 1.42 bits per heavy atom. The van der Waals surface area contributed by atoms with Gasteiger partial charge in [0.1, 0.15) is 24.4 Å². The van der Waals surface area contributed by atoms with E-state index in [-0.39, 0.29) is 0 Å². The van der Waals surface area contributed by atoms with Gasteiger partial charge in [0.15, 0.2) is 23.2 Å². The number of aryl methyl sites for hydroxylation is 1. The summed E-state index contributed by atoms with van der Waals surface area (Å²) in [5, 5.41) is 10.5. The molecule has 1 fully saturated rings. The van der Waals surface area contributed by atoms with Gasteiger partial charge in [0, 0.05) is 18.8 Å². The van der Waals surface area contributed by atoms with Crippen molar-refractivity contribution in [3.63, 3.8) is 0 Å². The van der Waals surface area contributed by atoms with E-state index in [4.69, 9.17) is 15.2 Å². The van der Waals surface area contributed by atoms with E-state index in [0.717, 1.165) is 18.7 Å². The van der Waals surface area contributed by atoms with Gasteiger partial charge in [-0.05, 0) is 13.3 Å². The van der Waals surface area contributed by atoms with Crippen molar-refractivity contribution in [1.82, 2.24) is 19.5 Å². The molecule has 1 aliphatic rings. The van der Waals surface area contributed by atoms with Crippen LogP contribution in [-0.4, -0.2) is 55.3 Å². The summed E-state index contributed by atoms with van der Waals surface area (Å²) in [5.41, 5.74) is 7.08. The highest BCUT2D eigenvalue weighted by Crippen LogP contribution is 2.36. The normalized spacial score (nSPS) is 27.2. The minimum absolute atomic E-state index is 0.327. The van der Waals surface area contributed by atoms with Crippen molar-refractivity contribution in [1.29, 1.82) is 0 Å². The van der Waals surface area contributed by atoms with Crippen molar-refractivity contribution in [3.05, 3.63) is 12.2 Å². The summed E-state index contributed by atoms with van der Waals surface area (Å²) in [5.74, 6) is 1.52. The Morgan fingerprint density at radius 3 is 2.88 bits per heavy atom. The molecule has 0 unspecified atom stereocenters. The van der Waals surface area contributed by atoms with E-state index in [1.165, 1.54) is 6.33 Å². The summed E-state index contributed by atoms with van der Waals surface area (Å²) in [6.45, 7) is 4.42. The number of nitrogen functional groups attached to an aromatic ring is 1. The van der Waals surface area contributed by atoms with Crippen molar-refractivity contribution in [2.45, 2.75) is 51.2 Å². The fourth-order valence-electron chi connectivity index (χ4n) is 3.09. The predicted octanol–water partition coefficient (Wildman–Crippen LogP) is 0.954. The molecule has 0 bridgehead atoms. The first kappa shape index (κ1) is 17.4. The van der Waals surface area contributed by atoms with Crippen LogP contribution in [-0.2, 0) is 15.9 Å². The van der Waals surface area contributed by atoms with Crippen molar-refractivity contribution in [2.75, 3.05) is 18.1 Å². The molecule has 1 aliphatic heterocycles. The Morgan fingerprint density at radius 2 is 2.21 bits per heavy atom. The number of rotatable bonds is 6. The zero-order valence-corrected chi connectivity index (χ0v) is 14.7. The van der Waals surface area contributed by atoms with E-state index < -0.39 is 24.5 Å². The fraction of sp³-hybridized carbons (Fsp3) is 0.667. The Kier molecular flexibility index (Phi) is 5.24. The van der Waals surface area contributed by atoms with Crippen molar-refractivity contribution in [2.24, 2.45) is 0 Å². The summed E-state index contributed by atoms with van der Waals surface area (Å²) in [4.78, 5) is 12.9. The first-order chi connectivity index (χ1) is 11.6. The molecule has 3 N–H and O–H groups in total. The summed E-state index contributed by atoms with van der Waals surface area (Å²) in [6, 6.07) is 0. The molecule has 0 saturated carbocycles. The smallest absolute Gasteiger partial charge is 0.167 e. The third-order valence-corrected chi connectivity index (χ3v) is 4.52. The highest BCUT2D eigenvalue weighted by molar-refractivity contribution is 7.80. The van der Waals surface area contributed by atoms with Crippen LogP contribution in [0.3, 0.4) is 0 Å². The van der Waals surface area contributed by atoms with Gasteiger partial charge < -0.3 is 20.3 Å². The van der Waals surface area contributed by atoms with Gasteiger partial charge in [0.25, 0.3) is 0 Å². The van der Waals surface area contributed by atoms with Crippen LogP contribution >= 0.6 is 12.6 Å². The monoisotopic (exact) mass is 353 g/mol.